The maximum absolute atomic E-state index is 11.5. The molecule has 98 valence electrons. The van der Waals surface area contributed by atoms with Crippen LogP contribution in [-0.4, -0.2) is 29.3 Å². The summed E-state index contributed by atoms with van der Waals surface area (Å²) < 4.78 is 0. The Kier molecular flexibility index (Phi) is 4.61. The van der Waals surface area contributed by atoms with Crippen LogP contribution in [0.4, 0.5) is 0 Å². The fourth-order valence-electron chi connectivity index (χ4n) is 3.38. The van der Waals surface area contributed by atoms with E-state index in [2.05, 4.69) is 18.7 Å². The first-order valence-electron chi connectivity index (χ1n) is 7.44. The monoisotopic (exact) mass is 237 g/mol. The van der Waals surface area contributed by atoms with Gasteiger partial charge in [0.2, 0.25) is 0 Å². The van der Waals surface area contributed by atoms with Crippen molar-refractivity contribution in [2.75, 3.05) is 6.54 Å². The van der Waals surface area contributed by atoms with Crippen LogP contribution in [0, 0.1) is 5.92 Å². The Bertz CT molecular complexity index is 256. The molecule has 0 saturated heterocycles. The van der Waals surface area contributed by atoms with E-state index in [9.17, 15) is 4.79 Å². The third kappa shape index (κ3) is 3.54. The highest BCUT2D eigenvalue weighted by Gasteiger charge is 2.33. The first-order chi connectivity index (χ1) is 8.16. The summed E-state index contributed by atoms with van der Waals surface area (Å²) in [5, 5.41) is 0. The van der Waals surface area contributed by atoms with Gasteiger partial charge in [0.25, 0.3) is 0 Å². The minimum Gasteiger partial charge on any atom is -0.300 e. The summed E-state index contributed by atoms with van der Waals surface area (Å²) in [6, 6.07) is 1.36. The van der Waals surface area contributed by atoms with Crippen molar-refractivity contribution in [3.05, 3.63) is 0 Å². The Morgan fingerprint density at radius 2 is 1.88 bits per heavy atom. The van der Waals surface area contributed by atoms with E-state index in [0.717, 1.165) is 31.2 Å². The van der Waals surface area contributed by atoms with E-state index in [4.69, 9.17) is 0 Å². The van der Waals surface area contributed by atoms with Gasteiger partial charge in [-0.25, -0.2) is 0 Å². The lowest BCUT2D eigenvalue weighted by Gasteiger charge is -2.34. The number of carbonyl (C=O) groups is 1. The first kappa shape index (κ1) is 13.1. The van der Waals surface area contributed by atoms with Gasteiger partial charge in [0, 0.05) is 24.9 Å². The van der Waals surface area contributed by atoms with Gasteiger partial charge in [0.15, 0.2) is 0 Å². The summed E-state index contributed by atoms with van der Waals surface area (Å²) in [6.07, 6.45) is 9.57. The molecule has 2 heteroatoms. The topological polar surface area (TPSA) is 20.3 Å². The van der Waals surface area contributed by atoms with E-state index in [1.54, 1.807) is 0 Å². The zero-order chi connectivity index (χ0) is 12.3. The molecule has 0 aromatic heterocycles. The molecule has 0 aromatic rings. The Morgan fingerprint density at radius 3 is 2.41 bits per heavy atom. The van der Waals surface area contributed by atoms with Gasteiger partial charge in [-0.15, -0.1) is 0 Å². The van der Waals surface area contributed by atoms with Crippen molar-refractivity contribution in [3.8, 4) is 0 Å². The molecule has 0 aromatic carbocycles. The molecular weight excluding hydrogens is 210 g/mol. The van der Waals surface area contributed by atoms with Gasteiger partial charge in [-0.2, -0.15) is 0 Å². The number of hydrogen-bond donors (Lipinski definition) is 0. The van der Waals surface area contributed by atoms with Gasteiger partial charge < -0.3 is 0 Å². The molecular formula is C15H27NO. The number of hydrogen-bond acceptors (Lipinski definition) is 2. The molecule has 2 aliphatic rings. The van der Waals surface area contributed by atoms with Gasteiger partial charge in [-0.3, -0.25) is 9.69 Å². The second-order valence-corrected chi connectivity index (χ2v) is 6.29. The number of ketones is 1. The van der Waals surface area contributed by atoms with Crippen LogP contribution in [-0.2, 0) is 4.79 Å². The second kappa shape index (κ2) is 5.99. The summed E-state index contributed by atoms with van der Waals surface area (Å²) in [4.78, 5) is 14.2. The smallest absolute Gasteiger partial charge is 0.134 e. The average molecular weight is 237 g/mol. The van der Waals surface area contributed by atoms with Crippen molar-refractivity contribution >= 4 is 5.78 Å². The third-order valence-electron chi connectivity index (χ3n) is 4.45. The molecule has 0 radical (unpaired) electrons. The highest BCUT2D eigenvalue weighted by atomic mass is 16.1. The maximum atomic E-state index is 11.5. The van der Waals surface area contributed by atoms with Crippen LogP contribution in [0.2, 0.25) is 0 Å². The summed E-state index contributed by atoms with van der Waals surface area (Å²) in [6.45, 7) is 5.81. The number of nitrogens with zero attached hydrogens (tertiary/aromatic N) is 1. The van der Waals surface area contributed by atoms with Crippen LogP contribution >= 0.6 is 0 Å². The Morgan fingerprint density at radius 1 is 1.18 bits per heavy atom. The fraction of sp³-hybridized carbons (Fsp3) is 0.933. The van der Waals surface area contributed by atoms with E-state index in [1.165, 1.54) is 38.6 Å². The number of carbonyl (C=O) groups excluding carboxylic acids is 1. The predicted octanol–water partition coefficient (Wildman–Crippen LogP) is 3.40. The summed E-state index contributed by atoms with van der Waals surface area (Å²) in [5.41, 5.74) is 0. The molecule has 0 aliphatic heterocycles. The van der Waals surface area contributed by atoms with Gasteiger partial charge in [-0.1, -0.05) is 26.7 Å². The predicted molar refractivity (Wildman–Crippen MR) is 71.1 cm³/mol. The molecule has 0 spiro atoms. The maximum Gasteiger partial charge on any atom is 0.134 e. The summed E-state index contributed by atoms with van der Waals surface area (Å²) in [5.74, 6) is 1.26. The first-order valence-corrected chi connectivity index (χ1v) is 7.44. The van der Waals surface area contributed by atoms with Crippen LogP contribution < -0.4 is 0 Å². The summed E-state index contributed by atoms with van der Waals surface area (Å²) in [7, 11) is 0. The zero-order valence-corrected chi connectivity index (χ0v) is 11.5. The molecule has 0 N–H and O–H groups in total. The Balaban J connectivity index is 1.93. The van der Waals surface area contributed by atoms with Crippen molar-refractivity contribution in [3.63, 3.8) is 0 Å². The lowest BCUT2D eigenvalue weighted by molar-refractivity contribution is -0.117. The van der Waals surface area contributed by atoms with E-state index in [-0.39, 0.29) is 0 Å². The second-order valence-electron chi connectivity index (χ2n) is 6.29. The van der Waals surface area contributed by atoms with E-state index < -0.39 is 0 Å². The van der Waals surface area contributed by atoms with Gasteiger partial charge in [0.05, 0.1) is 0 Å². The van der Waals surface area contributed by atoms with Crippen molar-refractivity contribution in [1.29, 1.82) is 0 Å². The molecule has 2 fully saturated rings. The zero-order valence-electron chi connectivity index (χ0n) is 11.5. The van der Waals surface area contributed by atoms with Crippen molar-refractivity contribution in [1.82, 2.24) is 4.90 Å². The van der Waals surface area contributed by atoms with Crippen molar-refractivity contribution < 1.29 is 4.79 Å². The standard InChI is InChI=1S/C15H27NO/c1-12(2)9-10-16(13-5-3-4-6-13)14-7-8-15(17)11-14/h12-14H,3-11H2,1-2H3. The minimum atomic E-state index is 0.488. The van der Waals surface area contributed by atoms with Gasteiger partial charge in [0.1, 0.15) is 5.78 Å². The van der Waals surface area contributed by atoms with Crippen LogP contribution in [0.25, 0.3) is 0 Å². The molecule has 17 heavy (non-hydrogen) atoms. The van der Waals surface area contributed by atoms with Gasteiger partial charge >= 0.3 is 0 Å². The molecule has 2 rings (SSSR count). The molecule has 1 atom stereocenters. The molecule has 2 nitrogen and oxygen atoms in total. The number of Topliss-reactive ketones (excluding diaryl/α,β-unsaturated/α-hetero) is 1. The van der Waals surface area contributed by atoms with E-state index in [1.807, 2.05) is 0 Å². The largest absolute Gasteiger partial charge is 0.300 e. The molecule has 0 heterocycles. The van der Waals surface area contributed by atoms with Crippen molar-refractivity contribution in [2.24, 2.45) is 5.92 Å². The summed E-state index contributed by atoms with van der Waals surface area (Å²) >= 11 is 0. The molecule has 2 aliphatic carbocycles. The molecule has 0 amide bonds. The fourth-order valence-corrected chi connectivity index (χ4v) is 3.38. The highest BCUT2D eigenvalue weighted by Crippen LogP contribution is 2.30. The molecule has 2 saturated carbocycles. The lowest BCUT2D eigenvalue weighted by Crippen LogP contribution is -2.41. The molecule has 1 unspecified atom stereocenters. The minimum absolute atomic E-state index is 0.488. The number of rotatable bonds is 5. The highest BCUT2D eigenvalue weighted by molar-refractivity contribution is 5.81. The SMILES string of the molecule is CC(C)CCN(C1CCCC1)C1CCC(=O)C1. The normalized spacial score (nSPS) is 26.6. The van der Waals surface area contributed by atoms with Gasteiger partial charge in [-0.05, 0) is 38.1 Å². The average Bonchev–Trinajstić information content (AvgIpc) is 2.90. The quantitative estimate of drug-likeness (QED) is 0.730. The third-order valence-corrected chi connectivity index (χ3v) is 4.45. The van der Waals surface area contributed by atoms with E-state index in [0.29, 0.717) is 11.8 Å². The Hall–Kier alpha value is -0.370. The van der Waals surface area contributed by atoms with Crippen LogP contribution in [0.3, 0.4) is 0 Å². The van der Waals surface area contributed by atoms with Crippen LogP contribution in [0.5, 0.6) is 0 Å². The lowest BCUT2D eigenvalue weighted by atomic mass is 10.1. The van der Waals surface area contributed by atoms with E-state index >= 15 is 0 Å². The van der Waals surface area contributed by atoms with Crippen LogP contribution in [0.15, 0.2) is 0 Å². The van der Waals surface area contributed by atoms with Crippen molar-refractivity contribution in [2.45, 2.75) is 77.3 Å². The molecule has 0 bridgehead atoms. The Labute approximate surface area is 106 Å². The van der Waals surface area contributed by atoms with Crippen LogP contribution in [0.1, 0.15) is 65.2 Å².